The molecule has 1 saturated carbocycles. The molecule has 0 heterocycles. The summed E-state index contributed by atoms with van der Waals surface area (Å²) in [6, 6.07) is 4.89. The van der Waals surface area contributed by atoms with Crippen LogP contribution in [0.15, 0.2) is 12.1 Å². The number of nitrogens with two attached hydrogens (primary N) is 1. The lowest BCUT2D eigenvalue weighted by atomic mass is 9.87. The van der Waals surface area contributed by atoms with E-state index in [1.165, 1.54) is 36.8 Å². The van der Waals surface area contributed by atoms with Gasteiger partial charge < -0.3 is 15.2 Å². The number of aliphatic hydroxyl groups excluding tert-OH is 1. The molecule has 124 valence electrons. The minimum atomic E-state index is -0.404. The van der Waals surface area contributed by atoms with Crippen molar-refractivity contribution in [1.82, 2.24) is 0 Å². The van der Waals surface area contributed by atoms with E-state index >= 15 is 0 Å². The number of rotatable bonds is 6. The van der Waals surface area contributed by atoms with Gasteiger partial charge in [-0.05, 0) is 69.1 Å². The molecule has 1 aliphatic carbocycles. The molecule has 1 aliphatic rings. The van der Waals surface area contributed by atoms with Gasteiger partial charge in [0.1, 0.15) is 25.0 Å². The van der Waals surface area contributed by atoms with Crippen molar-refractivity contribution in [3.63, 3.8) is 0 Å². The van der Waals surface area contributed by atoms with E-state index < -0.39 is 6.10 Å². The van der Waals surface area contributed by atoms with E-state index in [0.29, 0.717) is 12.6 Å². The lowest BCUT2D eigenvalue weighted by Crippen LogP contribution is -2.92. The summed E-state index contributed by atoms with van der Waals surface area (Å²) < 4.78 is 5.90. The Morgan fingerprint density at radius 3 is 2.45 bits per heavy atom. The highest BCUT2D eigenvalue weighted by atomic mass is 16.5. The van der Waals surface area contributed by atoms with Crippen LogP contribution in [0.4, 0.5) is 0 Å². The molecule has 0 spiro atoms. The van der Waals surface area contributed by atoms with E-state index in [1.807, 2.05) is 0 Å². The predicted octanol–water partition coefficient (Wildman–Crippen LogP) is 2.49. The predicted molar refractivity (Wildman–Crippen MR) is 90.4 cm³/mol. The number of aliphatic hydroxyl groups is 1. The molecular formula is C19H32NO2+. The minimum absolute atomic E-state index is 0.380. The fourth-order valence-electron chi connectivity index (χ4n) is 3.27. The molecule has 3 heteroatoms. The first-order chi connectivity index (χ1) is 10.5. The number of quaternary nitrogens is 1. The minimum Gasteiger partial charge on any atom is -0.490 e. The molecule has 3 N–H and O–H groups in total. The van der Waals surface area contributed by atoms with Gasteiger partial charge in [-0.3, -0.25) is 0 Å². The Morgan fingerprint density at radius 2 is 1.77 bits per heavy atom. The van der Waals surface area contributed by atoms with Gasteiger partial charge in [-0.15, -0.1) is 0 Å². The van der Waals surface area contributed by atoms with Gasteiger partial charge in [0.2, 0.25) is 0 Å². The van der Waals surface area contributed by atoms with Crippen LogP contribution in [0.3, 0.4) is 0 Å². The third-order valence-electron chi connectivity index (χ3n) is 5.10. The molecule has 1 atom stereocenters. The monoisotopic (exact) mass is 306 g/mol. The van der Waals surface area contributed by atoms with Crippen molar-refractivity contribution < 1.29 is 15.2 Å². The SMILES string of the molecule is Cc1ccc(C)c(OC[C@@H](O)C[NH2+]C2CCC(C)CC2)c1C. The Bertz CT molecular complexity index is 479. The highest BCUT2D eigenvalue weighted by Gasteiger charge is 2.21. The standard InChI is InChI=1S/C19H31NO2/c1-13-5-9-17(10-6-13)20-11-18(21)12-22-19-15(3)8-7-14(2)16(19)4/h7-8,13,17-18,20-21H,5-6,9-12H2,1-4H3/p+1/t13?,17?,18-/m0/s1. The second kappa shape index (κ2) is 7.98. The van der Waals surface area contributed by atoms with Crippen molar-refractivity contribution in [1.29, 1.82) is 0 Å². The van der Waals surface area contributed by atoms with E-state index in [9.17, 15) is 5.11 Å². The van der Waals surface area contributed by atoms with Crippen molar-refractivity contribution in [3.05, 3.63) is 28.8 Å². The quantitative estimate of drug-likeness (QED) is 0.848. The van der Waals surface area contributed by atoms with Gasteiger partial charge in [0.05, 0.1) is 6.04 Å². The molecule has 0 bridgehead atoms. The topological polar surface area (TPSA) is 46.1 Å². The fourth-order valence-corrected chi connectivity index (χ4v) is 3.27. The summed E-state index contributed by atoms with van der Waals surface area (Å²) in [6.45, 7) is 9.69. The van der Waals surface area contributed by atoms with E-state index in [0.717, 1.165) is 23.8 Å². The summed E-state index contributed by atoms with van der Waals surface area (Å²) in [5.41, 5.74) is 3.55. The first-order valence-corrected chi connectivity index (χ1v) is 8.68. The van der Waals surface area contributed by atoms with E-state index in [1.54, 1.807) is 0 Å². The molecule has 3 nitrogen and oxygen atoms in total. The van der Waals surface area contributed by atoms with Crippen LogP contribution in [-0.4, -0.2) is 30.4 Å². The normalized spacial score (nSPS) is 23.3. The average Bonchev–Trinajstić information content (AvgIpc) is 2.50. The van der Waals surface area contributed by atoms with E-state index in [2.05, 4.69) is 45.1 Å². The summed E-state index contributed by atoms with van der Waals surface area (Å²) in [5, 5.41) is 12.5. The van der Waals surface area contributed by atoms with Crippen LogP contribution in [0.1, 0.15) is 49.3 Å². The molecule has 0 aliphatic heterocycles. The van der Waals surface area contributed by atoms with E-state index in [-0.39, 0.29) is 0 Å². The molecule has 22 heavy (non-hydrogen) atoms. The van der Waals surface area contributed by atoms with Crippen molar-refractivity contribution in [2.75, 3.05) is 13.2 Å². The second-order valence-electron chi connectivity index (χ2n) is 7.11. The van der Waals surface area contributed by atoms with Crippen molar-refractivity contribution in [2.24, 2.45) is 5.92 Å². The van der Waals surface area contributed by atoms with Gasteiger partial charge in [0.15, 0.2) is 0 Å². The average molecular weight is 306 g/mol. The lowest BCUT2D eigenvalue weighted by Gasteiger charge is -2.25. The van der Waals surface area contributed by atoms with Crippen LogP contribution < -0.4 is 10.1 Å². The molecule has 0 unspecified atom stereocenters. The summed E-state index contributed by atoms with van der Waals surface area (Å²) in [5.74, 6) is 1.82. The highest BCUT2D eigenvalue weighted by Crippen LogP contribution is 2.25. The number of ether oxygens (including phenoxy) is 1. The molecule has 0 saturated heterocycles. The zero-order valence-electron chi connectivity index (χ0n) is 14.6. The van der Waals surface area contributed by atoms with Crippen molar-refractivity contribution >= 4 is 0 Å². The number of benzene rings is 1. The molecule has 2 rings (SSSR count). The molecule has 0 radical (unpaired) electrons. The number of hydrogen-bond acceptors (Lipinski definition) is 2. The third kappa shape index (κ3) is 4.72. The number of aryl methyl sites for hydroxylation is 2. The molecular weight excluding hydrogens is 274 g/mol. The Kier molecular flexibility index (Phi) is 6.27. The van der Waals surface area contributed by atoms with Crippen LogP contribution in [0.25, 0.3) is 0 Å². The largest absolute Gasteiger partial charge is 0.490 e. The maximum Gasteiger partial charge on any atom is 0.137 e. The highest BCUT2D eigenvalue weighted by molar-refractivity contribution is 5.44. The smallest absolute Gasteiger partial charge is 0.137 e. The molecule has 0 amide bonds. The van der Waals surface area contributed by atoms with Crippen LogP contribution in [0.2, 0.25) is 0 Å². The fraction of sp³-hybridized carbons (Fsp3) is 0.684. The summed E-state index contributed by atoms with van der Waals surface area (Å²) in [4.78, 5) is 0. The van der Waals surface area contributed by atoms with Gasteiger partial charge in [-0.1, -0.05) is 19.1 Å². The Labute approximate surface area is 135 Å². The van der Waals surface area contributed by atoms with Gasteiger partial charge >= 0.3 is 0 Å². The molecule has 1 fully saturated rings. The molecule has 0 aromatic heterocycles. The first-order valence-electron chi connectivity index (χ1n) is 8.68. The van der Waals surface area contributed by atoms with Crippen LogP contribution in [0.5, 0.6) is 5.75 Å². The van der Waals surface area contributed by atoms with Crippen LogP contribution in [0, 0.1) is 26.7 Å². The zero-order chi connectivity index (χ0) is 16.1. The Balaban J connectivity index is 1.76. The third-order valence-corrected chi connectivity index (χ3v) is 5.10. The zero-order valence-corrected chi connectivity index (χ0v) is 14.6. The summed E-state index contributed by atoms with van der Waals surface area (Å²) in [6.07, 6.45) is 4.82. The molecule has 1 aromatic rings. The first kappa shape index (κ1) is 17.3. The van der Waals surface area contributed by atoms with Gasteiger partial charge in [0.25, 0.3) is 0 Å². The maximum atomic E-state index is 10.2. The maximum absolute atomic E-state index is 10.2. The van der Waals surface area contributed by atoms with Crippen molar-refractivity contribution in [3.8, 4) is 5.75 Å². The van der Waals surface area contributed by atoms with Gasteiger partial charge in [0, 0.05) is 0 Å². The summed E-state index contributed by atoms with van der Waals surface area (Å²) in [7, 11) is 0. The van der Waals surface area contributed by atoms with E-state index in [4.69, 9.17) is 4.74 Å². The Morgan fingerprint density at radius 1 is 1.14 bits per heavy atom. The molecule has 1 aromatic carbocycles. The second-order valence-corrected chi connectivity index (χ2v) is 7.11. The van der Waals surface area contributed by atoms with Crippen LogP contribution in [-0.2, 0) is 0 Å². The van der Waals surface area contributed by atoms with Gasteiger partial charge in [-0.25, -0.2) is 0 Å². The number of hydrogen-bond donors (Lipinski definition) is 2. The van der Waals surface area contributed by atoms with Gasteiger partial charge in [-0.2, -0.15) is 0 Å². The van der Waals surface area contributed by atoms with Crippen molar-refractivity contribution in [2.45, 2.75) is 65.5 Å². The van der Waals surface area contributed by atoms with Crippen LogP contribution >= 0.6 is 0 Å². The lowest BCUT2D eigenvalue weighted by molar-refractivity contribution is -0.697. The summed E-state index contributed by atoms with van der Waals surface area (Å²) >= 11 is 0. The Hall–Kier alpha value is -1.06.